The molecule has 0 aromatic heterocycles. The molecule has 0 saturated heterocycles. The van der Waals surface area contributed by atoms with Gasteiger partial charge in [0.25, 0.3) is 0 Å². The number of ether oxygens (including phenoxy) is 2. The number of carbonyl (C=O) groups is 5. The molecule has 0 aliphatic rings. The van der Waals surface area contributed by atoms with Crippen LogP contribution in [0.1, 0.15) is 65.9 Å². The highest BCUT2D eigenvalue weighted by Gasteiger charge is 2.44. The van der Waals surface area contributed by atoms with E-state index in [9.17, 15) is 29.1 Å². The molecule has 0 spiro atoms. The van der Waals surface area contributed by atoms with Crippen LogP contribution >= 0.6 is 0 Å². The zero-order valence-corrected chi connectivity index (χ0v) is 25.6. The number of hydrogen-bond acceptors (Lipinski definition) is 10. The number of aliphatic hydroxyl groups is 1. The average molecular weight is 593 g/mol. The van der Waals surface area contributed by atoms with E-state index in [-0.39, 0.29) is 18.9 Å². The largest absolute Gasteiger partial charge is 0.453 e. The molecule has 6 N–H and O–H groups in total. The van der Waals surface area contributed by atoms with Crippen molar-refractivity contribution in [2.24, 2.45) is 23.3 Å². The van der Waals surface area contributed by atoms with Gasteiger partial charge in [-0.25, -0.2) is 9.69 Å². The Kier molecular flexibility index (Phi) is 15.3. The standard InChI is InChI=1S/C30H48N4O8/c1-19(2)25(31)28(39)34(29(40)41-6)20(3)27(38)33-17-23(18-35)30(5,32)26(42-21(4)36)24(37)16-12-8-11-15-22-13-9-7-10-14-22/h7,9-10,13-14,19-20,23,25-26,35H,8,11-12,15-18,31-32H2,1-6H3,(H,33,38)/t20-,23?,25?,26?,30+/m0/s1. The minimum atomic E-state index is -1.56. The molecule has 12 heteroatoms. The van der Waals surface area contributed by atoms with E-state index in [1.54, 1.807) is 13.8 Å². The topological polar surface area (TPSA) is 191 Å². The van der Waals surface area contributed by atoms with Gasteiger partial charge in [0.2, 0.25) is 11.8 Å². The van der Waals surface area contributed by atoms with Crippen LogP contribution in [0.25, 0.3) is 0 Å². The second-order valence-electron chi connectivity index (χ2n) is 11.1. The number of hydrogen-bond donors (Lipinski definition) is 4. The van der Waals surface area contributed by atoms with E-state index in [1.165, 1.54) is 19.4 Å². The fourth-order valence-electron chi connectivity index (χ4n) is 4.45. The maximum atomic E-state index is 13.2. The highest BCUT2D eigenvalue weighted by atomic mass is 16.6. The van der Waals surface area contributed by atoms with Gasteiger partial charge < -0.3 is 31.4 Å². The van der Waals surface area contributed by atoms with Crippen LogP contribution in [0.4, 0.5) is 4.79 Å². The number of imide groups is 1. The third-order valence-corrected chi connectivity index (χ3v) is 7.37. The predicted octanol–water partition coefficient (Wildman–Crippen LogP) is 1.70. The number of aliphatic hydroxyl groups excluding tert-OH is 1. The van der Waals surface area contributed by atoms with Crippen molar-refractivity contribution in [3.8, 4) is 0 Å². The van der Waals surface area contributed by atoms with Crippen LogP contribution in [0.15, 0.2) is 30.3 Å². The normalized spacial score (nSPS) is 15.5. The molecule has 0 bridgehead atoms. The van der Waals surface area contributed by atoms with Gasteiger partial charge in [-0.2, -0.15) is 0 Å². The molecular weight excluding hydrogens is 544 g/mol. The van der Waals surface area contributed by atoms with E-state index in [2.05, 4.69) is 10.1 Å². The molecule has 3 amide bonds. The second kappa shape index (κ2) is 17.6. The quantitative estimate of drug-likeness (QED) is 0.153. The molecule has 0 aliphatic carbocycles. The Balaban J connectivity index is 2.91. The van der Waals surface area contributed by atoms with Crippen molar-refractivity contribution >= 4 is 29.7 Å². The van der Waals surface area contributed by atoms with E-state index in [0.29, 0.717) is 11.3 Å². The van der Waals surface area contributed by atoms with Gasteiger partial charge in [-0.3, -0.25) is 19.2 Å². The Bertz CT molecular complexity index is 1050. The number of Topliss-reactive ketones (excluding diaryl/α,β-unsaturated/α-hetero) is 1. The predicted molar refractivity (Wildman–Crippen MR) is 157 cm³/mol. The molecule has 5 atom stereocenters. The fourth-order valence-corrected chi connectivity index (χ4v) is 4.45. The van der Waals surface area contributed by atoms with Gasteiger partial charge in [-0.05, 0) is 44.6 Å². The van der Waals surface area contributed by atoms with Crippen molar-refractivity contribution in [2.75, 3.05) is 20.3 Å². The maximum absolute atomic E-state index is 13.2. The second-order valence-corrected chi connectivity index (χ2v) is 11.1. The van der Waals surface area contributed by atoms with Crippen molar-refractivity contribution in [3.63, 3.8) is 0 Å². The molecule has 0 saturated carbocycles. The molecule has 0 fully saturated rings. The lowest BCUT2D eigenvalue weighted by Gasteiger charge is -2.38. The van der Waals surface area contributed by atoms with Crippen molar-refractivity contribution in [3.05, 3.63) is 35.9 Å². The van der Waals surface area contributed by atoms with E-state index in [1.807, 2.05) is 30.3 Å². The van der Waals surface area contributed by atoms with Gasteiger partial charge in [-0.15, -0.1) is 0 Å². The first kappa shape index (κ1) is 36.7. The zero-order chi connectivity index (χ0) is 32.0. The monoisotopic (exact) mass is 592 g/mol. The van der Waals surface area contributed by atoms with Gasteiger partial charge in [-0.1, -0.05) is 50.6 Å². The van der Waals surface area contributed by atoms with Crippen LogP contribution in [0.3, 0.4) is 0 Å². The van der Waals surface area contributed by atoms with E-state index in [0.717, 1.165) is 33.3 Å². The average Bonchev–Trinajstić information content (AvgIpc) is 2.95. The lowest BCUT2D eigenvalue weighted by Crippen LogP contribution is -2.62. The molecule has 0 radical (unpaired) electrons. The number of nitrogens with one attached hydrogen (secondary N) is 1. The Morgan fingerprint density at radius 3 is 2.19 bits per heavy atom. The van der Waals surface area contributed by atoms with Crippen LogP contribution in [0, 0.1) is 11.8 Å². The Morgan fingerprint density at radius 1 is 1.05 bits per heavy atom. The lowest BCUT2D eigenvalue weighted by atomic mass is 9.79. The van der Waals surface area contributed by atoms with Crippen molar-refractivity contribution in [1.82, 2.24) is 10.2 Å². The molecule has 1 aromatic rings. The minimum Gasteiger partial charge on any atom is -0.453 e. The number of benzene rings is 1. The van der Waals surface area contributed by atoms with Gasteiger partial charge in [0, 0.05) is 32.4 Å². The fraction of sp³-hybridized carbons (Fsp3) is 0.633. The van der Waals surface area contributed by atoms with Crippen LogP contribution < -0.4 is 16.8 Å². The molecule has 0 heterocycles. The lowest BCUT2D eigenvalue weighted by molar-refractivity contribution is -0.159. The minimum absolute atomic E-state index is 0.118. The number of nitrogens with zero attached hydrogens (tertiary/aromatic N) is 1. The van der Waals surface area contributed by atoms with Crippen LogP contribution in [-0.2, 0) is 35.1 Å². The summed E-state index contributed by atoms with van der Waals surface area (Å²) in [6.07, 6.45) is 0.803. The van der Waals surface area contributed by atoms with Crippen molar-refractivity contribution < 1.29 is 38.6 Å². The van der Waals surface area contributed by atoms with Crippen LogP contribution in [0.5, 0.6) is 0 Å². The number of rotatable bonds is 17. The number of amides is 3. The Hall–Kier alpha value is -3.35. The molecule has 3 unspecified atom stereocenters. The van der Waals surface area contributed by atoms with E-state index < -0.39 is 65.9 Å². The summed E-state index contributed by atoms with van der Waals surface area (Å²) in [6.45, 7) is 6.56. The molecule has 1 aromatic carbocycles. The van der Waals surface area contributed by atoms with Gasteiger partial charge in [0.15, 0.2) is 11.9 Å². The summed E-state index contributed by atoms with van der Waals surface area (Å²) >= 11 is 0. The first-order valence-corrected chi connectivity index (χ1v) is 14.3. The van der Waals surface area contributed by atoms with Gasteiger partial charge >= 0.3 is 12.1 Å². The number of esters is 1. The van der Waals surface area contributed by atoms with Crippen molar-refractivity contribution in [1.29, 1.82) is 0 Å². The summed E-state index contributed by atoms with van der Waals surface area (Å²) in [5, 5.41) is 12.7. The van der Waals surface area contributed by atoms with E-state index >= 15 is 0 Å². The molecule has 0 aliphatic heterocycles. The summed E-state index contributed by atoms with van der Waals surface area (Å²) in [4.78, 5) is 63.9. The zero-order valence-electron chi connectivity index (χ0n) is 25.6. The molecule has 1 rings (SSSR count). The number of unbranched alkanes of at least 4 members (excludes halogenated alkanes) is 2. The van der Waals surface area contributed by atoms with E-state index in [4.69, 9.17) is 16.2 Å². The SMILES string of the molecule is COC(=O)N(C(=O)C(N)C(C)C)[C@@H](C)C(=O)NCC(CO)[C@@](C)(N)C(OC(C)=O)C(=O)CCCCCc1ccccc1. The molecular formula is C30H48N4O8. The molecule has 236 valence electrons. The molecule has 42 heavy (non-hydrogen) atoms. The summed E-state index contributed by atoms with van der Waals surface area (Å²) in [5.41, 5.74) is 12.1. The number of carbonyl (C=O) groups excluding carboxylic acids is 5. The summed E-state index contributed by atoms with van der Waals surface area (Å²) in [7, 11) is 1.07. The number of methoxy groups -OCH3 is 1. The highest BCUT2D eigenvalue weighted by Crippen LogP contribution is 2.24. The number of nitrogens with two attached hydrogens (primary N) is 2. The maximum Gasteiger partial charge on any atom is 0.417 e. The Morgan fingerprint density at radius 2 is 1.67 bits per heavy atom. The molecule has 12 nitrogen and oxygen atoms in total. The Labute approximate surface area is 248 Å². The van der Waals surface area contributed by atoms with Crippen LogP contribution in [-0.4, -0.2) is 83.7 Å². The first-order valence-electron chi connectivity index (χ1n) is 14.3. The third-order valence-electron chi connectivity index (χ3n) is 7.37. The van der Waals surface area contributed by atoms with Crippen LogP contribution in [0.2, 0.25) is 0 Å². The number of ketones is 1. The summed E-state index contributed by atoms with van der Waals surface area (Å²) < 4.78 is 10.0. The van der Waals surface area contributed by atoms with Crippen molar-refractivity contribution in [2.45, 2.75) is 90.4 Å². The third kappa shape index (κ3) is 10.8. The summed E-state index contributed by atoms with van der Waals surface area (Å²) in [6, 6.07) is 7.63. The number of aryl methyl sites for hydroxylation is 1. The summed E-state index contributed by atoms with van der Waals surface area (Å²) in [5.74, 6) is -3.87. The van der Waals surface area contributed by atoms with Gasteiger partial charge in [0.1, 0.15) is 6.04 Å². The first-order chi connectivity index (χ1) is 19.7. The highest BCUT2D eigenvalue weighted by molar-refractivity contribution is 6.00. The van der Waals surface area contributed by atoms with Gasteiger partial charge in [0.05, 0.1) is 18.7 Å². The smallest absolute Gasteiger partial charge is 0.417 e.